The van der Waals surface area contributed by atoms with E-state index in [1.54, 1.807) is 0 Å². The molecule has 0 aliphatic carbocycles. The van der Waals surface area contributed by atoms with Crippen molar-refractivity contribution in [1.29, 1.82) is 0 Å². The third kappa shape index (κ3) is 3.46. The van der Waals surface area contributed by atoms with Gasteiger partial charge >= 0.3 is 0 Å². The molecule has 2 N–H and O–H groups in total. The molecule has 0 aromatic heterocycles. The van der Waals surface area contributed by atoms with Crippen molar-refractivity contribution in [2.24, 2.45) is 0 Å². The van der Waals surface area contributed by atoms with Crippen molar-refractivity contribution in [2.75, 3.05) is 11.9 Å². The molecule has 0 spiro atoms. The molecular formula is C11H16INO. The first-order valence-corrected chi connectivity index (χ1v) is 5.89. The molecule has 0 fully saturated rings. The van der Waals surface area contributed by atoms with E-state index in [0.29, 0.717) is 6.54 Å². The number of halogens is 1. The quantitative estimate of drug-likeness (QED) is 0.839. The lowest BCUT2D eigenvalue weighted by Gasteiger charge is -2.11. The van der Waals surface area contributed by atoms with Gasteiger partial charge in [-0.1, -0.05) is 13.0 Å². The lowest BCUT2D eigenvalue weighted by Crippen LogP contribution is -2.18. The minimum absolute atomic E-state index is 0.256. The maximum atomic E-state index is 9.38. The van der Waals surface area contributed by atoms with Crippen LogP contribution < -0.4 is 5.32 Å². The second-order valence-electron chi connectivity index (χ2n) is 3.41. The number of aliphatic hydroxyl groups excluding tert-OH is 1. The molecule has 14 heavy (non-hydrogen) atoms. The fourth-order valence-electron chi connectivity index (χ4n) is 1.08. The van der Waals surface area contributed by atoms with Gasteiger partial charge in [-0.3, -0.25) is 0 Å². The van der Waals surface area contributed by atoms with Crippen LogP contribution >= 0.6 is 22.6 Å². The number of rotatable bonds is 4. The summed E-state index contributed by atoms with van der Waals surface area (Å²) < 4.78 is 1.25. The summed E-state index contributed by atoms with van der Waals surface area (Å²) >= 11 is 2.31. The lowest BCUT2D eigenvalue weighted by molar-refractivity contribution is 0.183. The Morgan fingerprint density at radius 2 is 2.21 bits per heavy atom. The predicted molar refractivity (Wildman–Crippen MR) is 68.7 cm³/mol. The highest BCUT2D eigenvalue weighted by atomic mass is 127. The molecule has 0 saturated heterocycles. The number of aryl methyl sites for hydroxylation is 1. The fourth-order valence-corrected chi connectivity index (χ4v) is 1.60. The minimum atomic E-state index is -0.256. The van der Waals surface area contributed by atoms with E-state index in [1.165, 1.54) is 9.13 Å². The summed E-state index contributed by atoms with van der Waals surface area (Å²) in [6.07, 6.45) is 0.532. The molecule has 0 aliphatic rings. The summed E-state index contributed by atoms with van der Waals surface area (Å²) in [4.78, 5) is 0. The molecule has 0 saturated carbocycles. The molecule has 1 aromatic rings. The maximum absolute atomic E-state index is 9.38. The highest BCUT2D eigenvalue weighted by molar-refractivity contribution is 14.1. The predicted octanol–water partition coefficient (Wildman–Crippen LogP) is 2.78. The van der Waals surface area contributed by atoms with Crippen LogP contribution in [0.3, 0.4) is 0 Å². The van der Waals surface area contributed by atoms with Gasteiger partial charge in [-0.25, -0.2) is 0 Å². The van der Waals surface area contributed by atoms with E-state index in [1.807, 2.05) is 13.0 Å². The summed E-state index contributed by atoms with van der Waals surface area (Å²) in [5.74, 6) is 0. The number of hydrogen-bond acceptors (Lipinski definition) is 2. The van der Waals surface area contributed by atoms with Crippen LogP contribution in [0.25, 0.3) is 0 Å². The SMILES string of the molecule is CCC(O)CNc1ccc(C)c(I)c1. The van der Waals surface area contributed by atoms with E-state index in [2.05, 4.69) is 47.0 Å². The zero-order chi connectivity index (χ0) is 10.6. The summed E-state index contributed by atoms with van der Waals surface area (Å²) in [5, 5.41) is 12.6. The van der Waals surface area contributed by atoms with Crippen LogP contribution in [0.4, 0.5) is 5.69 Å². The molecule has 78 valence electrons. The third-order valence-corrected chi connectivity index (χ3v) is 3.35. The highest BCUT2D eigenvalue weighted by Crippen LogP contribution is 2.16. The van der Waals surface area contributed by atoms with E-state index in [-0.39, 0.29) is 6.10 Å². The standard InChI is InChI=1S/C11H16INO/c1-3-10(14)7-13-9-5-4-8(2)11(12)6-9/h4-6,10,13-14H,3,7H2,1-2H3. The zero-order valence-corrected chi connectivity index (χ0v) is 10.7. The van der Waals surface area contributed by atoms with Crippen LogP contribution in [0, 0.1) is 10.5 Å². The van der Waals surface area contributed by atoms with Gasteiger partial charge in [0.25, 0.3) is 0 Å². The van der Waals surface area contributed by atoms with Crippen molar-refractivity contribution in [3.05, 3.63) is 27.3 Å². The Bertz CT molecular complexity index is 301. The summed E-state index contributed by atoms with van der Waals surface area (Å²) in [7, 11) is 0. The lowest BCUT2D eigenvalue weighted by atomic mass is 10.2. The van der Waals surface area contributed by atoms with Gasteiger partial charge in [-0.2, -0.15) is 0 Å². The van der Waals surface area contributed by atoms with Gasteiger partial charge in [0.05, 0.1) is 6.10 Å². The number of benzene rings is 1. The largest absolute Gasteiger partial charge is 0.391 e. The number of anilines is 1. The molecule has 1 aromatic carbocycles. The van der Waals surface area contributed by atoms with E-state index >= 15 is 0 Å². The van der Waals surface area contributed by atoms with E-state index in [0.717, 1.165) is 12.1 Å². The smallest absolute Gasteiger partial charge is 0.0709 e. The van der Waals surface area contributed by atoms with E-state index < -0.39 is 0 Å². The molecule has 0 amide bonds. The molecular weight excluding hydrogens is 289 g/mol. The highest BCUT2D eigenvalue weighted by Gasteiger charge is 2.01. The summed E-state index contributed by atoms with van der Waals surface area (Å²) in [6, 6.07) is 6.22. The van der Waals surface area contributed by atoms with Gasteiger partial charge in [-0.15, -0.1) is 0 Å². The van der Waals surface area contributed by atoms with E-state index in [9.17, 15) is 5.11 Å². The first kappa shape index (κ1) is 11.8. The Morgan fingerprint density at radius 3 is 2.79 bits per heavy atom. The minimum Gasteiger partial charge on any atom is -0.391 e. The molecule has 1 atom stereocenters. The maximum Gasteiger partial charge on any atom is 0.0709 e. The Hall–Kier alpha value is -0.290. The van der Waals surface area contributed by atoms with Crippen molar-refractivity contribution in [3.63, 3.8) is 0 Å². The molecule has 1 unspecified atom stereocenters. The van der Waals surface area contributed by atoms with Gasteiger partial charge in [0.1, 0.15) is 0 Å². The zero-order valence-electron chi connectivity index (χ0n) is 8.55. The molecule has 0 bridgehead atoms. The van der Waals surface area contributed by atoms with E-state index in [4.69, 9.17) is 0 Å². The fraction of sp³-hybridized carbons (Fsp3) is 0.455. The van der Waals surface area contributed by atoms with Crippen molar-refractivity contribution in [1.82, 2.24) is 0 Å². The topological polar surface area (TPSA) is 32.3 Å². The average molecular weight is 305 g/mol. The average Bonchev–Trinajstić information content (AvgIpc) is 2.19. The van der Waals surface area contributed by atoms with Crippen LogP contribution in [0.2, 0.25) is 0 Å². The normalized spacial score (nSPS) is 12.6. The summed E-state index contributed by atoms with van der Waals surface area (Å²) in [5.41, 5.74) is 2.36. The number of hydrogen-bond donors (Lipinski definition) is 2. The van der Waals surface area contributed by atoms with Crippen LogP contribution in [0.5, 0.6) is 0 Å². The van der Waals surface area contributed by atoms with Gasteiger partial charge in [-0.05, 0) is 53.6 Å². The Kier molecular flexibility index (Phi) is 4.68. The number of nitrogens with one attached hydrogen (secondary N) is 1. The summed E-state index contributed by atoms with van der Waals surface area (Å²) in [6.45, 7) is 4.69. The second-order valence-corrected chi connectivity index (χ2v) is 4.57. The van der Waals surface area contributed by atoms with Gasteiger partial charge in [0, 0.05) is 15.8 Å². The van der Waals surface area contributed by atoms with Crippen LogP contribution in [0.1, 0.15) is 18.9 Å². The molecule has 1 rings (SSSR count). The Labute approximate surface area is 98.9 Å². The van der Waals surface area contributed by atoms with Crippen molar-refractivity contribution in [3.8, 4) is 0 Å². The molecule has 0 radical (unpaired) electrons. The first-order valence-electron chi connectivity index (χ1n) is 4.81. The van der Waals surface area contributed by atoms with Crippen LogP contribution in [-0.4, -0.2) is 17.8 Å². The molecule has 0 heterocycles. The number of aliphatic hydroxyl groups is 1. The third-order valence-electron chi connectivity index (χ3n) is 2.18. The first-order chi connectivity index (χ1) is 6.63. The van der Waals surface area contributed by atoms with Crippen molar-refractivity contribution in [2.45, 2.75) is 26.4 Å². The van der Waals surface area contributed by atoms with Gasteiger partial charge < -0.3 is 10.4 Å². The van der Waals surface area contributed by atoms with Gasteiger partial charge in [0.15, 0.2) is 0 Å². The van der Waals surface area contributed by atoms with Crippen molar-refractivity contribution < 1.29 is 5.11 Å². The van der Waals surface area contributed by atoms with Gasteiger partial charge in [0.2, 0.25) is 0 Å². The second kappa shape index (κ2) is 5.56. The van der Waals surface area contributed by atoms with Crippen LogP contribution in [-0.2, 0) is 0 Å². The Morgan fingerprint density at radius 1 is 1.50 bits per heavy atom. The van der Waals surface area contributed by atoms with Crippen molar-refractivity contribution >= 4 is 28.3 Å². The monoisotopic (exact) mass is 305 g/mol. The Balaban J connectivity index is 2.55. The molecule has 2 nitrogen and oxygen atoms in total. The van der Waals surface area contributed by atoms with Crippen LogP contribution in [0.15, 0.2) is 18.2 Å². The molecule has 3 heteroatoms. The molecule has 0 aliphatic heterocycles.